The Labute approximate surface area is 155 Å². The van der Waals surface area contributed by atoms with Crippen molar-refractivity contribution in [2.75, 3.05) is 39.9 Å². The molecule has 7 nitrogen and oxygen atoms in total. The van der Waals surface area contributed by atoms with Gasteiger partial charge in [-0.05, 0) is 25.3 Å². The van der Waals surface area contributed by atoms with Crippen molar-refractivity contribution in [3.05, 3.63) is 18.5 Å². The largest absolute Gasteiger partial charge is 0.385 e. The summed E-state index contributed by atoms with van der Waals surface area (Å²) in [7, 11) is 1.69. The average Bonchev–Trinajstić information content (AvgIpc) is 3.24. The number of likely N-dealkylation sites (tertiary alicyclic amines) is 2. The average molecular weight is 362 g/mol. The summed E-state index contributed by atoms with van der Waals surface area (Å²) >= 11 is 0. The van der Waals surface area contributed by atoms with Crippen molar-refractivity contribution >= 4 is 11.8 Å². The Morgan fingerprint density at radius 2 is 2.15 bits per heavy atom. The molecule has 144 valence electrons. The van der Waals surface area contributed by atoms with Gasteiger partial charge in [0, 0.05) is 64.1 Å². The third-order valence-corrected chi connectivity index (χ3v) is 5.76. The van der Waals surface area contributed by atoms with Crippen molar-refractivity contribution < 1.29 is 14.3 Å². The second-order valence-electron chi connectivity index (χ2n) is 7.79. The van der Waals surface area contributed by atoms with Crippen molar-refractivity contribution in [1.29, 1.82) is 0 Å². The third-order valence-electron chi connectivity index (χ3n) is 5.76. The molecule has 1 atom stereocenters. The second-order valence-corrected chi connectivity index (χ2v) is 7.79. The van der Waals surface area contributed by atoms with Crippen LogP contribution in [0.15, 0.2) is 18.5 Å². The van der Waals surface area contributed by atoms with Gasteiger partial charge in [0.2, 0.25) is 11.8 Å². The van der Waals surface area contributed by atoms with Crippen LogP contribution in [0.2, 0.25) is 0 Å². The standard InChI is InChI=1S/C19H30N4O3/c1-16(14-23-9-3-7-20-23)18(25)21-10-5-19(6-11-21)13-17(24)22(15-19)8-4-12-26-2/h3,7,9,16H,4-6,8,10-15H2,1-2H3/t16-/m0/s1. The summed E-state index contributed by atoms with van der Waals surface area (Å²) < 4.78 is 6.89. The normalized spacial score (nSPS) is 20.8. The van der Waals surface area contributed by atoms with Gasteiger partial charge in [-0.15, -0.1) is 0 Å². The molecule has 2 amide bonds. The first kappa shape index (κ1) is 18.9. The molecule has 0 aromatic carbocycles. The molecular weight excluding hydrogens is 332 g/mol. The number of piperidine rings is 1. The fourth-order valence-corrected chi connectivity index (χ4v) is 4.20. The van der Waals surface area contributed by atoms with Crippen LogP contribution < -0.4 is 0 Å². The molecule has 1 aromatic heterocycles. The number of rotatable bonds is 7. The molecule has 0 radical (unpaired) electrons. The van der Waals surface area contributed by atoms with Gasteiger partial charge in [0.1, 0.15) is 0 Å². The minimum Gasteiger partial charge on any atom is -0.385 e. The first-order valence-electron chi connectivity index (χ1n) is 9.56. The lowest BCUT2D eigenvalue weighted by Crippen LogP contribution is -2.46. The second kappa shape index (κ2) is 8.20. The van der Waals surface area contributed by atoms with E-state index in [1.807, 2.05) is 33.7 Å². The Morgan fingerprint density at radius 3 is 2.81 bits per heavy atom. The zero-order valence-electron chi connectivity index (χ0n) is 15.9. The van der Waals surface area contributed by atoms with Crippen LogP contribution in [0, 0.1) is 11.3 Å². The van der Waals surface area contributed by atoms with Crippen molar-refractivity contribution in [3.63, 3.8) is 0 Å². The molecule has 3 rings (SSSR count). The van der Waals surface area contributed by atoms with Crippen molar-refractivity contribution in [2.24, 2.45) is 11.3 Å². The number of carbonyl (C=O) groups excluding carboxylic acids is 2. The molecule has 0 bridgehead atoms. The zero-order chi connectivity index (χ0) is 18.6. The zero-order valence-corrected chi connectivity index (χ0v) is 15.9. The maximum Gasteiger partial charge on any atom is 0.227 e. The molecule has 26 heavy (non-hydrogen) atoms. The van der Waals surface area contributed by atoms with E-state index >= 15 is 0 Å². The summed E-state index contributed by atoms with van der Waals surface area (Å²) in [6, 6.07) is 1.87. The van der Waals surface area contributed by atoms with Crippen LogP contribution in [-0.2, 0) is 20.9 Å². The molecule has 0 aliphatic carbocycles. The SMILES string of the molecule is COCCCN1CC2(CCN(C(=O)[C@@H](C)Cn3cccn3)CC2)CC1=O. The summed E-state index contributed by atoms with van der Waals surface area (Å²) in [5, 5.41) is 4.18. The Hall–Kier alpha value is -1.89. The van der Waals surface area contributed by atoms with Gasteiger partial charge in [0.05, 0.1) is 12.5 Å². The molecule has 1 aromatic rings. The molecule has 1 spiro atoms. The Morgan fingerprint density at radius 1 is 1.38 bits per heavy atom. The molecule has 2 fully saturated rings. The van der Waals surface area contributed by atoms with Gasteiger partial charge in [-0.2, -0.15) is 5.10 Å². The first-order chi connectivity index (χ1) is 12.5. The molecule has 2 saturated heterocycles. The predicted octanol–water partition coefficient (Wildman–Crippen LogP) is 1.40. The van der Waals surface area contributed by atoms with E-state index in [9.17, 15) is 9.59 Å². The molecule has 3 heterocycles. The number of carbonyl (C=O) groups is 2. The maximum atomic E-state index is 12.7. The lowest BCUT2D eigenvalue weighted by molar-refractivity contribution is -0.137. The molecule has 7 heteroatoms. The van der Waals surface area contributed by atoms with E-state index in [1.165, 1.54) is 0 Å². The van der Waals surface area contributed by atoms with Crippen molar-refractivity contribution in [2.45, 2.75) is 39.2 Å². The third kappa shape index (κ3) is 4.26. The minimum atomic E-state index is -0.0836. The summed E-state index contributed by atoms with van der Waals surface area (Å²) in [6.07, 6.45) is 6.97. The molecule has 0 saturated carbocycles. The van der Waals surface area contributed by atoms with Crippen LogP contribution in [-0.4, -0.2) is 71.3 Å². The molecular formula is C19H30N4O3. The number of nitrogens with zero attached hydrogens (tertiary/aromatic N) is 4. The van der Waals surface area contributed by atoms with Crippen LogP contribution >= 0.6 is 0 Å². The molecule has 2 aliphatic heterocycles. The highest BCUT2D eigenvalue weighted by atomic mass is 16.5. The van der Waals surface area contributed by atoms with Crippen LogP contribution in [0.5, 0.6) is 0 Å². The Kier molecular flexibility index (Phi) is 5.96. The monoisotopic (exact) mass is 362 g/mol. The van der Waals surface area contributed by atoms with Gasteiger partial charge in [0.25, 0.3) is 0 Å². The lowest BCUT2D eigenvalue weighted by Gasteiger charge is -2.39. The van der Waals surface area contributed by atoms with Crippen molar-refractivity contribution in [3.8, 4) is 0 Å². The smallest absolute Gasteiger partial charge is 0.227 e. The number of aromatic nitrogens is 2. The minimum absolute atomic E-state index is 0.0617. The van der Waals surface area contributed by atoms with Gasteiger partial charge in [-0.25, -0.2) is 0 Å². The number of methoxy groups -OCH3 is 1. The fraction of sp³-hybridized carbons (Fsp3) is 0.737. The summed E-state index contributed by atoms with van der Waals surface area (Å²) in [4.78, 5) is 29.0. The van der Waals surface area contributed by atoms with Crippen LogP contribution in [0.1, 0.15) is 32.6 Å². The Bertz CT molecular complexity index is 608. The Balaban J connectivity index is 1.49. The highest BCUT2D eigenvalue weighted by molar-refractivity contribution is 5.80. The first-order valence-corrected chi connectivity index (χ1v) is 9.56. The highest BCUT2D eigenvalue weighted by Crippen LogP contribution is 2.41. The topological polar surface area (TPSA) is 67.7 Å². The van der Waals surface area contributed by atoms with E-state index in [0.29, 0.717) is 19.6 Å². The van der Waals surface area contributed by atoms with Gasteiger partial charge in [0.15, 0.2) is 0 Å². The van der Waals surface area contributed by atoms with Gasteiger partial charge >= 0.3 is 0 Å². The van der Waals surface area contributed by atoms with E-state index in [1.54, 1.807) is 13.3 Å². The quantitative estimate of drug-likeness (QED) is 0.688. The van der Waals surface area contributed by atoms with Crippen LogP contribution in [0.25, 0.3) is 0 Å². The van der Waals surface area contributed by atoms with Crippen LogP contribution in [0.4, 0.5) is 0 Å². The van der Waals surface area contributed by atoms with Crippen LogP contribution in [0.3, 0.4) is 0 Å². The predicted molar refractivity (Wildman–Crippen MR) is 97.3 cm³/mol. The van der Waals surface area contributed by atoms with Gasteiger partial charge in [-0.1, -0.05) is 6.92 Å². The van der Waals surface area contributed by atoms with E-state index in [0.717, 1.165) is 45.4 Å². The number of ether oxygens (including phenoxy) is 1. The number of hydrogen-bond acceptors (Lipinski definition) is 4. The van der Waals surface area contributed by atoms with E-state index in [4.69, 9.17) is 4.74 Å². The van der Waals surface area contributed by atoms with E-state index < -0.39 is 0 Å². The van der Waals surface area contributed by atoms with Gasteiger partial charge in [-0.3, -0.25) is 14.3 Å². The molecule has 0 N–H and O–H groups in total. The van der Waals surface area contributed by atoms with E-state index in [-0.39, 0.29) is 23.1 Å². The van der Waals surface area contributed by atoms with E-state index in [2.05, 4.69) is 5.10 Å². The van der Waals surface area contributed by atoms with Crippen molar-refractivity contribution in [1.82, 2.24) is 19.6 Å². The molecule has 2 aliphatic rings. The number of hydrogen-bond donors (Lipinski definition) is 0. The molecule has 0 unspecified atom stereocenters. The summed E-state index contributed by atoms with van der Waals surface area (Å²) in [5.74, 6) is 0.365. The highest BCUT2D eigenvalue weighted by Gasteiger charge is 2.45. The summed E-state index contributed by atoms with van der Waals surface area (Å²) in [5.41, 5.74) is 0.0617. The fourth-order valence-electron chi connectivity index (χ4n) is 4.20. The van der Waals surface area contributed by atoms with Gasteiger partial charge < -0.3 is 14.5 Å². The maximum absolute atomic E-state index is 12.7. The summed E-state index contributed by atoms with van der Waals surface area (Å²) in [6.45, 7) is 6.37. The number of amides is 2. The lowest BCUT2D eigenvalue weighted by atomic mass is 9.77.